The minimum Gasteiger partial charge on any atom is -0.481 e. The van der Waals surface area contributed by atoms with Crippen molar-refractivity contribution in [1.82, 2.24) is 0 Å². The number of anilines is 3. The molecule has 508 valence electrons. The molecule has 3 aliphatic rings. The Kier molecular flexibility index (Phi) is 53.4. The van der Waals surface area contributed by atoms with Crippen LogP contribution in [0.3, 0.4) is 0 Å². The van der Waals surface area contributed by atoms with Crippen molar-refractivity contribution in [3.63, 3.8) is 0 Å². The number of piperidine rings is 3. The molecule has 91 heavy (non-hydrogen) atoms. The SMILES string of the molecule is CC.CC.CC.CC.CC.CC.CC.CC.CC.CCC[C@@H]1CCC(=O)N(c2ccccc2Oc2ccccc2C)C1.Cc1ccccc1Oc1ccccc1N1C[C@H](CC(=O)O)CCC1=O.Cc1ccccc1Oc1ccccc1N1C[C@H](CCO)CCC1=O. The average molecular weight is 1260 g/mol. The van der Waals surface area contributed by atoms with Crippen molar-refractivity contribution in [1.29, 1.82) is 0 Å². The second-order valence-electron chi connectivity index (χ2n) is 19.1. The van der Waals surface area contributed by atoms with Crippen LogP contribution in [0.15, 0.2) is 146 Å². The van der Waals surface area contributed by atoms with E-state index in [1.54, 1.807) is 9.80 Å². The molecule has 0 spiro atoms. The standard InChI is InChI=1S/C21H25NO2.C20H21NO4.C20H23NO3.9C2H6/c1-3-8-17-13-14-21(23)22(15-17)18-10-5-7-12-20(18)24-19-11-6-4-9-16(19)2;1-14-6-2-4-8-17(14)25-18-9-5-3-7-16(18)21-13-15(12-20(23)24)10-11-19(21)22;1-15-6-2-4-8-18(15)24-19-9-5-3-7-17(19)21-14-16(12-13-22)10-11-20(21)23;9*1-2/h4-7,9-12,17H,3,8,13-15H2,1-2H3;2-9,15H,10-13H2,1H3,(H,23,24);2-9,16,22H,10-14H2,1H3;9*1-2H3/t17-;15-;16-;;;;;;;;;/m100........./s1. The van der Waals surface area contributed by atoms with E-state index in [9.17, 15) is 24.3 Å². The molecule has 3 aliphatic heterocycles. The molecular formula is C79H123N3O9. The fourth-order valence-corrected chi connectivity index (χ4v) is 9.58. The minimum atomic E-state index is -0.830. The molecule has 6 aromatic rings. The second kappa shape index (κ2) is 55.4. The zero-order valence-corrected chi connectivity index (χ0v) is 60.6. The Bertz CT molecular complexity index is 2690. The van der Waals surface area contributed by atoms with E-state index in [-0.39, 0.29) is 36.7 Å². The maximum Gasteiger partial charge on any atom is 0.303 e. The molecule has 3 saturated heterocycles. The third-order valence-electron chi connectivity index (χ3n) is 13.6. The number of hydrogen-bond donors (Lipinski definition) is 2. The van der Waals surface area contributed by atoms with E-state index in [1.807, 2.05) is 296 Å². The Morgan fingerprint density at radius 1 is 0.385 bits per heavy atom. The maximum absolute atomic E-state index is 12.5. The first-order chi connectivity index (χ1) is 44.4. The van der Waals surface area contributed by atoms with Crippen LogP contribution in [0.5, 0.6) is 34.5 Å². The number of carboxylic acid groups (broad SMARTS) is 1. The van der Waals surface area contributed by atoms with Gasteiger partial charge in [0.2, 0.25) is 17.7 Å². The van der Waals surface area contributed by atoms with Gasteiger partial charge < -0.3 is 39.1 Å². The number of benzene rings is 6. The molecule has 0 aliphatic carbocycles. The lowest BCUT2D eigenvalue weighted by molar-refractivity contribution is -0.138. The van der Waals surface area contributed by atoms with Gasteiger partial charge in [0.15, 0.2) is 17.2 Å². The third kappa shape index (κ3) is 31.0. The second-order valence-corrected chi connectivity index (χ2v) is 19.1. The topological polar surface area (TPSA) is 146 Å². The number of rotatable bonds is 15. The first-order valence-corrected chi connectivity index (χ1v) is 34.6. The normalized spacial score (nSPS) is 14.8. The number of para-hydroxylation sites is 9. The zero-order chi connectivity index (χ0) is 69.7. The van der Waals surface area contributed by atoms with E-state index in [0.29, 0.717) is 67.8 Å². The number of aliphatic hydroxyl groups excluding tert-OH is 1. The van der Waals surface area contributed by atoms with Crippen LogP contribution < -0.4 is 28.9 Å². The van der Waals surface area contributed by atoms with Gasteiger partial charge in [-0.2, -0.15) is 0 Å². The molecule has 6 aromatic carbocycles. The Hall–Kier alpha value is -7.44. The number of nitrogens with zero attached hydrogens (tertiary/aromatic N) is 3. The van der Waals surface area contributed by atoms with Crippen LogP contribution >= 0.6 is 0 Å². The number of hydrogen-bond acceptors (Lipinski definition) is 8. The maximum atomic E-state index is 12.5. The van der Waals surface area contributed by atoms with Crippen LogP contribution in [0.2, 0.25) is 0 Å². The Balaban J connectivity index is -0.00000113. The number of carbonyl (C=O) groups excluding carboxylic acids is 3. The first kappa shape index (κ1) is 87.8. The smallest absolute Gasteiger partial charge is 0.303 e. The van der Waals surface area contributed by atoms with Crippen LogP contribution in [-0.4, -0.2) is 60.1 Å². The van der Waals surface area contributed by atoms with Crippen molar-refractivity contribution in [2.75, 3.05) is 40.9 Å². The van der Waals surface area contributed by atoms with E-state index in [4.69, 9.17) is 19.3 Å². The van der Waals surface area contributed by atoms with Crippen molar-refractivity contribution in [2.45, 2.75) is 217 Å². The van der Waals surface area contributed by atoms with E-state index in [2.05, 4.69) is 6.92 Å². The quantitative estimate of drug-likeness (QED) is 0.103. The highest BCUT2D eigenvalue weighted by molar-refractivity contribution is 5.97. The first-order valence-electron chi connectivity index (χ1n) is 34.6. The molecule has 3 atom stereocenters. The Labute approximate surface area is 553 Å². The lowest BCUT2D eigenvalue weighted by atomic mass is 9.93. The summed E-state index contributed by atoms with van der Waals surface area (Å²) in [5.74, 6) is 4.75. The van der Waals surface area contributed by atoms with Crippen LogP contribution in [0.1, 0.15) is 212 Å². The summed E-state index contributed by atoms with van der Waals surface area (Å²) in [5, 5.41) is 18.2. The van der Waals surface area contributed by atoms with Gasteiger partial charge in [0.05, 0.1) is 17.1 Å². The van der Waals surface area contributed by atoms with Gasteiger partial charge >= 0.3 is 5.97 Å². The van der Waals surface area contributed by atoms with Gasteiger partial charge in [0.1, 0.15) is 17.2 Å². The highest BCUT2D eigenvalue weighted by Crippen LogP contribution is 2.40. The summed E-state index contributed by atoms with van der Waals surface area (Å²) >= 11 is 0. The van der Waals surface area contributed by atoms with Crippen LogP contribution in [0, 0.1) is 38.5 Å². The minimum absolute atomic E-state index is 0.00229. The number of aliphatic hydroxyl groups is 1. The molecule has 12 nitrogen and oxygen atoms in total. The van der Waals surface area contributed by atoms with Gasteiger partial charge in [0, 0.05) is 51.9 Å². The summed E-state index contributed by atoms with van der Waals surface area (Å²) in [4.78, 5) is 53.7. The number of amides is 3. The molecule has 0 unspecified atom stereocenters. The van der Waals surface area contributed by atoms with Crippen LogP contribution in [0.25, 0.3) is 0 Å². The summed E-state index contributed by atoms with van der Waals surface area (Å²) in [6, 6.07) is 46.4. The molecule has 0 saturated carbocycles. The molecular weight excluding hydrogens is 1130 g/mol. The van der Waals surface area contributed by atoms with Crippen molar-refractivity contribution in [3.05, 3.63) is 162 Å². The van der Waals surface area contributed by atoms with E-state index in [0.717, 1.165) is 83.3 Å². The molecule has 3 amide bonds. The highest BCUT2D eigenvalue weighted by Gasteiger charge is 2.32. The van der Waals surface area contributed by atoms with Gasteiger partial charge in [-0.1, -0.05) is 229 Å². The number of ether oxygens (including phenoxy) is 3. The van der Waals surface area contributed by atoms with Crippen molar-refractivity contribution in [2.24, 2.45) is 17.8 Å². The number of carbonyl (C=O) groups is 4. The Morgan fingerprint density at radius 2 is 0.626 bits per heavy atom. The van der Waals surface area contributed by atoms with Crippen molar-refractivity contribution in [3.8, 4) is 34.5 Å². The summed E-state index contributed by atoms with van der Waals surface area (Å²) in [6.45, 7) is 46.2. The van der Waals surface area contributed by atoms with E-state index >= 15 is 0 Å². The van der Waals surface area contributed by atoms with Gasteiger partial charge in [-0.3, -0.25) is 19.2 Å². The summed E-state index contributed by atoms with van der Waals surface area (Å²) in [6.07, 6.45) is 7.10. The summed E-state index contributed by atoms with van der Waals surface area (Å²) in [5.41, 5.74) is 5.51. The lowest BCUT2D eigenvalue weighted by Gasteiger charge is -2.33. The fourth-order valence-electron chi connectivity index (χ4n) is 9.58. The van der Waals surface area contributed by atoms with E-state index < -0.39 is 5.97 Å². The largest absolute Gasteiger partial charge is 0.481 e. The molecule has 0 radical (unpaired) electrons. The summed E-state index contributed by atoms with van der Waals surface area (Å²) in [7, 11) is 0. The van der Waals surface area contributed by atoms with Crippen LogP contribution in [0.4, 0.5) is 17.1 Å². The monoisotopic (exact) mass is 1260 g/mol. The third-order valence-corrected chi connectivity index (χ3v) is 13.6. The zero-order valence-electron chi connectivity index (χ0n) is 60.6. The molecule has 9 rings (SSSR count). The molecule has 3 fully saturated rings. The number of aryl methyl sites for hydroxylation is 3. The van der Waals surface area contributed by atoms with Gasteiger partial charge in [0.25, 0.3) is 0 Å². The van der Waals surface area contributed by atoms with Gasteiger partial charge in [-0.05, 0) is 142 Å². The fraction of sp³-hybridized carbons (Fsp3) is 0.494. The summed E-state index contributed by atoms with van der Waals surface area (Å²) < 4.78 is 18.3. The Morgan fingerprint density at radius 3 is 0.890 bits per heavy atom. The molecule has 0 bridgehead atoms. The predicted octanol–water partition coefficient (Wildman–Crippen LogP) is 22.5. The molecule has 0 aromatic heterocycles. The predicted molar refractivity (Wildman–Crippen MR) is 389 cm³/mol. The molecule has 2 N–H and O–H groups in total. The molecule has 12 heteroatoms. The average Bonchev–Trinajstić information content (AvgIpc) is 0.950. The van der Waals surface area contributed by atoms with Gasteiger partial charge in [-0.25, -0.2) is 0 Å². The number of aliphatic carboxylic acids is 1. The van der Waals surface area contributed by atoms with Crippen molar-refractivity contribution < 1.29 is 43.6 Å². The molecule has 3 heterocycles. The number of carboxylic acids is 1. The van der Waals surface area contributed by atoms with Gasteiger partial charge in [-0.15, -0.1) is 0 Å². The van der Waals surface area contributed by atoms with E-state index in [1.165, 1.54) is 6.42 Å². The lowest BCUT2D eigenvalue weighted by Crippen LogP contribution is -2.40. The van der Waals surface area contributed by atoms with Crippen molar-refractivity contribution >= 4 is 40.8 Å². The highest BCUT2D eigenvalue weighted by atomic mass is 16.5. The van der Waals surface area contributed by atoms with Crippen LogP contribution in [-0.2, 0) is 19.2 Å².